The van der Waals surface area contributed by atoms with E-state index in [0.29, 0.717) is 17.6 Å². The van der Waals surface area contributed by atoms with Gasteiger partial charge in [-0.15, -0.1) is 0 Å². The maximum absolute atomic E-state index is 10.5. The summed E-state index contributed by atoms with van der Waals surface area (Å²) in [5.41, 5.74) is 6.00. The number of aliphatic hydroxyl groups is 1. The largest absolute Gasteiger partial charge is 0.397 e. The highest BCUT2D eigenvalue weighted by Crippen LogP contribution is 2.40. The van der Waals surface area contributed by atoms with E-state index in [4.69, 9.17) is 5.73 Å². The van der Waals surface area contributed by atoms with E-state index in [1.54, 1.807) is 6.20 Å². The Morgan fingerprint density at radius 3 is 2.50 bits per heavy atom. The molecule has 1 aliphatic carbocycles. The van der Waals surface area contributed by atoms with Gasteiger partial charge in [-0.2, -0.15) is 0 Å². The minimum Gasteiger partial charge on any atom is -0.397 e. The van der Waals surface area contributed by atoms with Crippen LogP contribution >= 0.6 is 0 Å². The number of aromatic nitrogens is 1. The molecule has 4 nitrogen and oxygen atoms in total. The average Bonchev–Trinajstić information content (AvgIpc) is 2.33. The van der Waals surface area contributed by atoms with Crippen molar-refractivity contribution in [3.8, 4) is 0 Å². The lowest BCUT2D eigenvalue weighted by molar-refractivity contribution is -0.0145. The molecule has 0 bridgehead atoms. The highest BCUT2D eigenvalue weighted by Gasteiger charge is 2.36. The molecule has 100 valence electrons. The highest BCUT2D eigenvalue weighted by atomic mass is 16.3. The predicted octanol–water partition coefficient (Wildman–Crippen LogP) is 2.41. The van der Waals surface area contributed by atoms with Gasteiger partial charge < -0.3 is 16.2 Å². The topological polar surface area (TPSA) is 71.2 Å². The van der Waals surface area contributed by atoms with Crippen LogP contribution < -0.4 is 11.1 Å². The Hall–Kier alpha value is -1.29. The first kappa shape index (κ1) is 13.1. The first-order valence-corrected chi connectivity index (χ1v) is 6.56. The molecule has 0 amide bonds. The van der Waals surface area contributed by atoms with Crippen LogP contribution in [0.15, 0.2) is 18.3 Å². The van der Waals surface area contributed by atoms with Crippen molar-refractivity contribution in [3.05, 3.63) is 18.3 Å². The van der Waals surface area contributed by atoms with Gasteiger partial charge in [0, 0.05) is 6.54 Å². The molecule has 0 saturated heterocycles. The van der Waals surface area contributed by atoms with Crippen molar-refractivity contribution in [1.82, 2.24) is 4.98 Å². The molecule has 0 atom stereocenters. The van der Waals surface area contributed by atoms with E-state index in [1.165, 1.54) is 0 Å². The lowest BCUT2D eigenvalue weighted by Crippen LogP contribution is -2.42. The summed E-state index contributed by atoms with van der Waals surface area (Å²) in [7, 11) is 0. The summed E-state index contributed by atoms with van der Waals surface area (Å²) in [6.07, 6.45) is 5.46. The smallest absolute Gasteiger partial charge is 0.126 e. The van der Waals surface area contributed by atoms with E-state index in [2.05, 4.69) is 24.1 Å². The number of hydrogen-bond acceptors (Lipinski definition) is 4. The van der Waals surface area contributed by atoms with Crippen LogP contribution in [-0.2, 0) is 0 Å². The lowest BCUT2D eigenvalue weighted by atomic mass is 9.71. The van der Waals surface area contributed by atoms with Crippen LogP contribution in [0.2, 0.25) is 0 Å². The van der Waals surface area contributed by atoms with E-state index in [0.717, 1.165) is 31.5 Å². The summed E-state index contributed by atoms with van der Waals surface area (Å²) in [5, 5.41) is 13.7. The molecule has 1 fully saturated rings. The molecule has 1 heterocycles. The fraction of sp³-hybridized carbons (Fsp3) is 0.643. The van der Waals surface area contributed by atoms with E-state index in [9.17, 15) is 5.11 Å². The van der Waals surface area contributed by atoms with Gasteiger partial charge in [-0.1, -0.05) is 13.8 Å². The minimum atomic E-state index is -0.599. The van der Waals surface area contributed by atoms with Crippen molar-refractivity contribution in [2.45, 2.75) is 45.1 Å². The van der Waals surface area contributed by atoms with Gasteiger partial charge in [-0.05, 0) is 43.2 Å². The summed E-state index contributed by atoms with van der Waals surface area (Å²) in [6, 6.07) is 3.65. The monoisotopic (exact) mass is 249 g/mol. The Balaban J connectivity index is 1.88. The Morgan fingerprint density at radius 1 is 1.28 bits per heavy atom. The zero-order valence-electron chi connectivity index (χ0n) is 11.2. The maximum Gasteiger partial charge on any atom is 0.126 e. The molecule has 0 aromatic carbocycles. The van der Waals surface area contributed by atoms with Gasteiger partial charge in [-0.25, -0.2) is 4.98 Å². The molecule has 4 heteroatoms. The SMILES string of the molecule is CC1(C)CCC(O)(CNc2ccc(N)cn2)CC1. The Morgan fingerprint density at radius 2 is 1.94 bits per heavy atom. The van der Waals surface area contributed by atoms with Crippen molar-refractivity contribution in [3.63, 3.8) is 0 Å². The van der Waals surface area contributed by atoms with Crippen molar-refractivity contribution in [1.29, 1.82) is 0 Å². The Labute approximate surface area is 109 Å². The van der Waals surface area contributed by atoms with Crippen LogP contribution in [-0.4, -0.2) is 22.2 Å². The summed E-state index contributed by atoms with van der Waals surface area (Å²) in [4.78, 5) is 4.18. The number of nitrogens with two attached hydrogens (primary N) is 1. The van der Waals surface area contributed by atoms with Crippen LogP contribution in [0.3, 0.4) is 0 Å². The summed E-state index contributed by atoms with van der Waals surface area (Å²) in [5.74, 6) is 0.766. The van der Waals surface area contributed by atoms with Crippen molar-refractivity contribution >= 4 is 11.5 Å². The van der Waals surface area contributed by atoms with Gasteiger partial charge in [0.1, 0.15) is 5.82 Å². The molecule has 18 heavy (non-hydrogen) atoms. The quantitative estimate of drug-likeness (QED) is 0.769. The molecule has 1 aliphatic rings. The van der Waals surface area contributed by atoms with E-state index >= 15 is 0 Å². The highest BCUT2D eigenvalue weighted by molar-refractivity contribution is 5.43. The van der Waals surface area contributed by atoms with Gasteiger partial charge in [-0.3, -0.25) is 0 Å². The number of nitrogen functional groups attached to an aromatic ring is 1. The molecular weight excluding hydrogens is 226 g/mol. The molecular formula is C14H23N3O. The third-order valence-electron chi connectivity index (χ3n) is 3.92. The average molecular weight is 249 g/mol. The first-order chi connectivity index (χ1) is 8.39. The van der Waals surface area contributed by atoms with Crippen LogP contribution in [0.5, 0.6) is 0 Å². The van der Waals surface area contributed by atoms with E-state index in [-0.39, 0.29) is 0 Å². The second-order valence-electron chi connectivity index (χ2n) is 6.22. The number of nitrogens with one attached hydrogen (secondary N) is 1. The molecule has 1 aromatic rings. The fourth-order valence-corrected chi connectivity index (χ4v) is 2.33. The molecule has 4 N–H and O–H groups in total. The van der Waals surface area contributed by atoms with Gasteiger partial charge in [0.2, 0.25) is 0 Å². The second kappa shape index (κ2) is 4.76. The lowest BCUT2D eigenvalue weighted by Gasteiger charge is -2.40. The van der Waals surface area contributed by atoms with Crippen LogP contribution in [0.4, 0.5) is 11.5 Å². The van der Waals surface area contributed by atoms with Gasteiger partial charge in [0.05, 0.1) is 17.5 Å². The number of rotatable bonds is 3. The van der Waals surface area contributed by atoms with Crippen molar-refractivity contribution in [2.24, 2.45) is 5.41 Å². The van der Waals surface area contributed by atoms with Crippen molar-refractivity contribution in [2.75, 3.05) is 17.6 Å². The van der Waals surface area contributed by atoms with Crippen LogP contribution in [0.25, 0.3) is 0 Å². The van der Waals surface area contributed by atoms with E-state index in [1.807, 2.05) is 12.1 Å². The van der Waals surface area contributed by atoms with E-state index < -0.39 is 5.60 Å². The zero-order chi connectivity index (χ0) is 13.2. The standard InChI is InChI=1S/C14H23N3O/c1-13(2)5-7-14(18,8-6-13)10-17-12-4-3-11(15)9-16-12/h3-4,9,18H,5-8,10,15H2,1-2H3,(H,16,17). The predicted molar refractivity (Wildman–Crippen MR) is 74.3 cm³/mol. The van der Waals surface area contributed by atoms with Gasteiger partial charge in [0.15, 0.2) is 0 Å². The molecule has 1 saturated carbocycles. The number of nitrogens with zero attached hydrogens (tertiary/aromatic N) is 1. The molecule has 0 radical (unpaired) electrons. The maximum atomic E-state index is 10.5. The minimum absolute atomic E-state index is 0.367. The zero-order valence-corrected chi connectivity index (χ0v) is 11.2. The molecule has 0 unspecified atom stereocenters. The van der Waals surface area contributed by atoms with Crippen molar-refractivity contribution < 1.29 is 5.11 Å². The Bertz CT molecular complexity index is 390. The normalized spacial score (nSPS) is 21.5. The van der Waals surface area contributed by atoms with Gasteiger partial charge in [0.25, 0.3) is 0 Å². The number of anilines is 2. The van der Waals surface area contributed by atoms with Gasteiger partial charge >= 0.3 is 0 Å². The summed E-state index contributed by atoms with van der Waals surface area (Å²) in [6.45, 7) is 5.09. The second-order valence-corrected chi connectivity index (χ2v) is 6.22. The third-order valence-corrected chi connectivity index (χ3v) is 3.92. The molecule has 0 aliphatic heterocycles. The summed E-state index contributed by atoms with van der Waals surface area (Å²) >= 11 is 0. The third kappa shape index (κ3) is 3.35. The number of pyridine rings is 1. The molecule has 1 aromatic heterocycles. The first-order valence-electron chi connectivity index (χ1n) is 6.56. The Kier molecular flexibility index (Phi) is 3.48. The molecule has 0 spiro atoms. The van der Waals surface area contributed by atoms with Crippen LogP contribution in [0, 0.1) is 5.41 Å². The fourth-order valence-electron chi connectivity index (χ4n) is 2.33. The summed E-state index contributed by atoms with van der Waals surface area (Å²) < 4.78 is 0. The van der Waals surface area contributed by atoms with Crippen LogP contribution in [0.1, 0.15) is 39.5 Å². The molecule has 2 rings (SSSR count). The number of hydrogen-bond donors (Lipinski definition) is 3.